The van der Waals surface area contributed by atoms with E-state index in [9.17, 15) is 4.79 Å². The second-order valence-electron chi connectivity index (χ2n) is 4.01. The van der Waals surface area contributed by atoms with Gasteiger partial charge in [0.2, 0.25) is 5.91 Å². The summed E-state index contributed by atoms with van der Waals surface area (Å²) in [5.41, 5.74) is 0. The quantitative estimate of drug-likeness (QED) is 0.601. The highest BCUT2D eigenvalue weighted by Crippen LogP contribution is 2.08. The molecule has 0 spiro atoms. The number of hydrogen-bond donors (Lipinski definition) is 1. The van der Waals surface area contributed by atoms with Gasteiger partial charge in [0.1, 0.15) is 0 Å². The Labute approximate surface area is 109 Å². The van der Waals surface area contributed by atoms with Crippen LogP contribution in [0.15, 0.2) is 0 Å². The lowest BCUT2D eigenvalue weighted by Gasteiger charge is -2.25. The van der Waals surface area contributed by atoms with Crippen molar-refractivity contribution in [2.75, 3.05) is 45.4 Å². The van der Waals surface area contributed by atoms with E-state index < -0.39 is 0 Å². The van der Waals surface area contributed by atoms with Crippen molar-refractivity contribution in [1.29, 1.82) is 0 Å². The molecule has 0 saturated carbocycles. The molecule has 0 saturated heterocycles. The van der Waals surface area contributed by atoms with Crippen molar-refractivity contribution < 1.29 is 9.53 Å². The van der Waals surface area contributed by atoms with Gasteiger partial charge in [0.15, 0.2) is 0 Å². The number of carbonyl (C=O) groups excluding carboxylic acids is 1. The first kappa shape index (κ1) is 16.7. The Morgan fingerprint density at radius 2 is 2.24 bits per heavy atom. The van der Waals surface area contributed by atoms with E-state index in [1.165, 1.54) is 0 Å². The number of ether oxygens (including phenoxy) is 1. The summed E-state index contributed by atoms with van der Waals surface area (Å²) in [4.78, 5) is 13.6. The fraction of sp³-hybridized carbons (Fsp3) is 0.917. The molecule has 0 heterocycles. The maximum atomic E-state index is 11.8. The first-order valence-electron chi connectivity index (χ1n) is 6.16. The zero-order chi connectivity index (χ0) is 13.1. The molecule has 102 valence electrons. The van der Waals surface area contributed by atoms with Crippen LogP contribution in [0.5, 0.6) is 0 Å². The minimum atomic E-state index is 0.148. The van der Waals surface area contributed by atoms with Crippen molar-refractivity contribution in [2.24, 2.45) is 0 Å². The van der Waals surface area contributed by atoms with Gasteiger partial charge in [0.05, 0.1) is 13.2 Å². The standard InChI is InChI=1S/C12H26N2O2S/c1-5-17-9-6-11(2)14(3)12(15)10-13-7-8-16-4/h11,13H,5-10H2,1-4H3. The maximum absolute atomic E-state index is 11.8. The number of nitrogens with one attached hydrogen (secondary N) is 1. The molecule has 0 aromatic carbocycles. The molecule has 0 aromatic rings. The molecule has 0 aromatic heterocycles. The maximum Gasteiger partial charge on any atom is 0.236 e. The Hall–Kier alpha value is -0.260. The third kappa shape index (κ3) is 8.46. The monoisotopic (exact) mass is 262 g/mol. The van der Waals surface area contributed by atoms with E-state index in [0.717, 1.165) is 24.5 Å². The van der Waals surface area contributed by atoms with Crippen LogP contribution >= 0.6 is 11.8 Å². The highest BCUT2D eigenvalue weighted by Gasteiger charge is 2.14. The van der Waals surface area contributed by atoms with Crippen LogP contribution in [0.4, 0.5) is 0 Å². The minimum Gasteiger partial charge on any atom is -0.383 e. The highest BCUT2D eigenvalue weighted by atomic mass is 32.2. The van der Waals surface area contributed by atoms with Crippen LogP contribution in [-0.4, -0.2) is 62.2 Å². The number of methoxy groups -OCH3 is 1. The first-order valence-corrected chi connectivity index (χ1v) is 7.32. The minimum absolute atomic E-state index is 0.148. The predicted octanol–water partition coefficient (Wildman–Crippen LogP) is 1.21. The van der Waals surface area contributed by atoms with Gasteiger partial charge in [-0.1, -0.05) is 6.92 Å². The summed E-state index contributed by atoms with van der Waals surface area (Å²) in [5.74, 6) is 2.41. The molecule has 0 bridgehead atoms. The van der Waals surface area contributed by atoms with Crippen LogP contribution in [0.3, 0.4) is 0 Å². The van der Waals surface area contributed by atoms with E-state index in [0.29, 0.717) is 19.2 Å². The van der Waals surface area contributed by atoms with Crippen LogP contribution in [0.1, 0.15) is 20.3 Å². The van der Waals surface area contributed by atoms with E-state index in [-0.39, 0.29) is 5.91 Å². The Kier molecular flexibility index (Phi) is 10.7. The van der Waals surface area contributed by atoms with Crippen molar-refractivity contribution in [3.05, 3.63) is 0 Å². The van der Waals surface area contributed by atoms with Gasteiger partial charge in [-0.25, -0.2) is 0 Å². The van der Waals surface area contributed by atoms with Crippen LogP contribution in [0.2, 0.25) is 0 Å². The van der Waals surface area contributed by atoms with E-state index in [2.05, 4.69) is 19.2 Å². The fourth-order valence-corrected chi connectivity index (χ4v) is 2.13. The number of rotatable bonds is 10. The summed E-state index contributed by atoms with van der Waals surface area (Å²) in [7, 11) is 3.53. The first-order chi connectivity index (χ1) is 8.13. The Bertz CT molecular complexity index is 203. The lowest BCUT2D eigenvalue weighted by molar-refractivity contribution is -0.130. The van der Waals surface area contributed by atoms with Crippen LogP contribution in [-0.2, 0) is 9.53 Å². The van der Waals surface area contributed by atoms with Gasteiger partial charge < -0.3 is 15.0 Å². The van der Waals surface area contributed by atoms with Crippen molar-refractivity contribution in [1.82, 2.24) is 10.2 Å². The second-order valence-corrected chi connectivity index (χ2v) is 5.40. The molecule has 5 heteroatoms. The molecule has 1 N–H and O–H groups in total. The average Bonchev–Trinajstić information content (AvgIpc) is 2.33. The van der Waals surface area contributed by atoms with E-state index in [4.69, 9.17) is 4.74 Å². The van der Waals surface area contributed by atoms with E-state index in [1.54, 1.807) is 7.11 Å². The number of hydrogen-bond acceptors (Lipinski definition) is 4. The Morgan fingerprint density at radius 1 is 1.53 bits per heavy atom. The van der Waals surface area contributed by atoms with Gasteiger partial charge in [-0.2, -0.15) is 11.8 Å². The van der Waals surface area contributed by atoms with Crippen molar-refractivity contribution >= 4 is 17.7 Å². The summed E-state index contributed by atoms with van der Waals surface area (Å²) < 4.78 is 4.91. The third-order valence-electron chi connectivity index (χ3n) is 2.70. The van der Waals surface area contributed by atoms with Gasteiger partial charge in [0, 0.05) is 26.7 Å². The zero-order valence-corrected chi connectivity index (χ0v) is 12.3. The van der Waals surface area contributed by atoms with E-state index >= 15 is 0 Å². The molecule has 0 fully saturated rings. The average molecular weight is 262 g/mol. The molecule has 1 amide bonds. The zero-order valence-electron chi connectivity index (χ0n) is 11.5. The molecule has 1 unspecified atom stereocenters. The summed E-state index contributed by atoms with van der Waals surface area (Å²) in [6.07, 6.45) is 1.05. The van der Waals surface area contributed by atoms with Gasteiger partial charge >= 0.3 is 0 Å². The van der Waals surface area contributed by atoms with Crippen LogP contribution in [0, 0.1) is 0 Å². The SMILES string of the molecule is CCSCCC(C)N(C)C(=O)CNCCOC. The molecule has 0 radical (unpaired) electrons. The fourth-order valence-electron chi connectivity index (χ4n) is 1.33. The molecular formula is C12H26N2O2S. The smallest absolute Gasteiger partial charge is 0.236 e. The molecule has 0 aliphatic heterocycles. The summed E-state index contributed by atoms with van der Waals surface area (Å²) in [5, 5.41) is 3.07. The topological polar surface area (TPSA) is 41.6 Å². The predicted molar refractivity (Wildman–Crippen MR) is 74.6 cm³/mol. The summed E-state index contributed by atoms with van der Waals surface area (Å²) in [6, 6.07) is 0.311. The largest absolute Gasteiger partial charge is 0.383 e. The highest BCUT2D eigenvalue weighted by molar-refractivity contribution is 7.99. The van der Waals surface area contributed by atoms with Crippen LogP contribution < -0.4 is 5.32 Å². The van der Waals surface area contributed by atoms with E-state index in [1.807, 2.05) is 23.7 Å². The lowest BCUT2D eigenvalue weighted by Crippen LogP contribution is -2.41. The second kappa shape index (κ2) is 10.9. The number of amides is 1. The van der Waals surface area contributed by atoms with Gasteiger partial charge in [-0.15, -0.1) is 0 Å². The Balaban J connectivity index is 3.70. The van der Waals surface area contributed by atoms with Gasteiger partial charge in [-0.05, 0) is 24.9 Å². The summed E-state index contributed by atoms with van der Waals surface area (Å²) in [6.45, 7) is 6.01. The Morgan fingerprint density at radius 3 is 2.82 bits per heavy atom. The van der Waals surface area contributed by atoms with Gasteiger partial charge in [-0.3, -0.25) is 4.79 Å². The molecule has 0 aliphatic rings. The third-order valence-corrected chi connectivity index (χ3v) is 3.63. The van der Waals surface area contributed by atoms with Crippen molar-refractivity contribution in [3.63, 3.8) is 0 Å². The lowest BCUT2D eigenvalue weighted by atomic mass is 10.2. The number of nitrogens with zero attached hydrogens (tertiary/aromatic N) is 1. The van der Waals surface area contributed by atoms with Crippen molar-refractivity contribution in [2.45, 2.75) is 26.3 Å². The molecule has 17 heavy (non-hydrogen) atoms. The van der Waals surface area contributed by atoms with Crippen molar-refractivity contribution in [3.8, 4) is 0 Å². The molecular weight excluding hydrogens is 236 g/mol. The number of carbonyl (C=O) groups is 1. The molecule has 0 rings (SSSR count). The van der Waals surface area contributed by atoms with Crippen LogP contribution in [0.25, 0.3) is 0 Å². The molecule has 1 atom stereocenters. The normalized spacial score (nSPS) is 12.5. The molecule has 4 nitrogen and oxygen atoms in total. The number of thioether (sulfide) groups is 1. The number of likely N-dealkylation sites (N-methyl/N-ethyl adjacent to an activating group) is 1. The summed E-state index contributed by atoms with van der Waals surface area (Å²) >= 11 is 1.92. The molecule has 0 aliphatic carbocycles. The van der Waals surface area contributed by atoms with Gasteiger partial charge in [0.25, 0.3) is 0 Å².